The van der Waals surface area contributed by atoms with Gasteiger partial charge < -0.3 is 14.9 Å². The summed E-state index contributed by atoms with van der Waals surface area (Å²) >= 11 is 0. The van der Waals surface area contributed by atoms with Crippen molar-refractivity contribution >= 4 is 0 Å². The van der Waals surface area contributed by atoms with Crippen LogP contribution in [0.2, 0.25) is 0 Å². The zero-order chi connectivity index (χ0) is 24.2. The summed E-state index contributed by atoms with van der Waals surface area (Å²) < 4.78 is 7.57. The molecule has 0 radical (unpaired) electrons. The van der Waals surface area contributed by atoms with Gasteiger partial charge in [0.05, 0.1) is 0 Å². The van der Waals surface area contributed by atoms with Gasteiger partial charge in [-0.2, -0.15) is 0 Å². The lowest BCUT2D eigenvalue weighted by molar-refractivity contribution is 0.00425. The molecule has 31 heavy (non-hydrogen) atoms. The molecule has 2 atom stereocenters. The molecule has 0 amide bonds. The van der Waals surface area contributed by atoms with Crippen LogP contribution in [0.15, 0.2) is 31.1 Å². The molecule has 0 saturated heterocycles. The SMILES string of the molecule is C=CC(=C)OC(C)(C)CC(C)(C)n1c(O)cc(C(C)(C)CC2(C)CC2(C)C(C)C)c1O. The minimum atomic E-state index is -0.580. The third-order valence-corrected chi connectivity index (χ3v) is 7.90. The first-order chi connectivity index (χ1) is 13.8. The molecule has 2 unspecified atom stereocenters. The number of aromatic nitrogens is 1. The third-order valence-electron chi connectivity index (χ3n) is 7.90. The lowest BCUT2D eigenvalue weighted by atomic mass is 9.72. The van der Waals surface area contributed by atoms with Gasteiger partial charge in [0.15, 0.2) is 11.8 Å². The van der Waals surface area contributed by atoms with Gasteiger partial charge >= 0.3 is 0 Å². The van der Waals surface area contributed by atoms with Crippen molar-refractivity contribution < 1.29 is 14.9 Å². The van der Waals surface area contributed by atoms with E-state index in [2.05, 4.69) is 54.7 Å². The van der Waals surface area contributed by atoms with E-state index in [4.69, 9.17) is 4.74 Å². The first-order valence-corrected chi connectivity index (χ1v) is 11.5. The van der Waals surface area contributed by atoms with Gasteiger partial charge in [-0.1, -0.05) is 54.7 Å². The van der Waals surface area contributed by atoms with E-state index in [0.29, 0.717) is 23.5 Å². The predicted octanol–water partition coefficient (Wildman–Crippen LogP) is 7.26. The molecule has 4 heteroatoms. The van der Waals surface area contributed by atoms with Gasteiger partial charge in [0.25, 0.3) is 0 Å². The second kappa shape index (κ2) is 7.64. The third kappa shape index (κ3) is 4.68. The molecule has 2 N–H and O–H groups in total. The topological polar surface area (TPSA) is 54.6 Å². The molecule has 4 nitrogen and oxygen atoms in total. The summed E-state index contributed by atoms with van der Waals surface area (Å²) in [5.41, 5.74) is -0.0546. The highest BCUT2D eigenvalue weighted by atomic mass is 16.5. The number of ether oxygens (including phenoxy) is 1. The Labute approximate surface area is 190 Å². The molecule has 0 bridgehead atoms. The Morgan fingerprint density at radius 3 is 2.19 bits per heavy atom. The zero-order valence-electron chi connectivity index (χ0n) is 21.5. The van der Waals surface area contributed by atoms with Crippen molar-refractivity contribution in [3.63, 3.8) is 0 Å². The van der Waals surface area contributed by atoms with Crippen LogP contribution in [0.1, 0.15) is 94.1 Å². The molecule has 0 aliphatic heterocycles. The van der Waals surface area contributed by atoms with Crippen LogP contribution in [-0.4, -0.2) is 20.4 Å². The summed E-state index contributed by atoms with van der Waals surface area (Å²) in [6.07, 6.45) is 4.30. The minimum absolute atomic E-state index is 0.0801. The molecule has 1 aromatic heterocycles. The van der Waals surface area contributed by atoms with Crippen LogP contribution in [0, 0.1) is 16.7 Å². The summed E-state index contributed by atoms with van der Waals surface area (Å²) in [6.45, 7) is 29.2. The first-order valence-electron chi connectivity index (χ1n) is 11.5. The fourth-order valence-electron chi connectivity index (χ4n) is 6.14. The molecule has 1 heterocycles. The lowest BCUT2D eigenvalue weighted by Gasteiger charge is -2.37. The van der Waals surface area contributed by atoms with Crippen LogP contribution in [0.3, 0.4) is 0 Å². The largest absolute Gasteiger partial charge is 0.494 e. The van der Waals surface area contributed by atoms with Crippen molar-refractivity contribution in [3.8, 4) is 11.8 Å². The van der Waals surface area contributed by atoms with E-state index in [-0.39, 0.29) is 22.6 Å². The molecule has 2 rings (SSSR count). The second-order valence-corrected chi connectivity index (χ2v) is 12.5. The Hall–Kier alpha value is -1.84. The molecule has 0 spiro atoms. The van der Waals surface area contributed by atoms with Gasteiger partial charge in [-0.3, -0.25) is 4.57 Å². The molecule has 0 aromatic carbocycles. The molecule has 1 fully saturated rings. The van der Waals surface area contributed by atoms with E-state index in [0.717, 1.165) is 12.0 Å². The molecule has 1 aliphatic rings. The van der Waals surface area contributed by atoms with E-state index in [1.54, 1.807) is 16.7 Å². The maximum Gasteiger partial charge on any atom is 0.198 e. The van der Waals surface area contributed by atoms with Crippen LogP contribution >= 0.6 is 0 Å². The highest BCUT2D eigenvalue weighted by Gasteiger charge is 2.63. The zero-order valence-corrected chi connectivity index (χ0v) is 21.5. The van der Waals surface area contributed by atoms with E-state index in [9.17, 15) is 10.2 Å². The Morgan fingerprint density at radius 1 is 1.19 bits per heavy atom. The summed E-state index contributed by atoms with van der Waals surface area (Å²) in [5, 5.41) is 22.2. The number of nitrogens with zero attached hydrogens (tertiary/aromatic N) is 1. The van der Waals surface area contributed by atoms with Crippen molar-refractivity contribution in [3.05, 3.63) is 36.6 Å². The van der Waals surface area contributed by atoms with Crippen molar-refractivity contribution in [2.24, 2.45) is 16.7 Å². The highest BCUT2D eigenvalue weighted by Crippen LogP contribution is 2.71. The molecular formula is C27H45NO3. The van der Waals surface area contributed by atoms with Crippen molar-refractivity contribution in [1.82, 2.24) is 4.57 Å². The minimum Gasteiger partial charge on any atom is -0.494 e. The molecule has 1 saturated carbocycles. The quantitative estimate of drug-likeness (QED) is 0.303. The normalized spacial score (nSPS) is 24.4. The summed E-state index contributed by atoms with van der Waals surface area (Å²) in [5.74, 6) is 1.35. The Kier molecular flexibility index (Phi) is 6.26. The van der Waals surface area contributed by atoms with Gasteiger partial charge in [0.1, 0.15) is 11.4 Å². The van der Waals surface area contributed by atoms with Gasteiger partial charge in [-0.15, -0.1) is 0 Å². The van der Waals surface area contributed by atoms with Crippen LogP contribution in [0.5, 0.6) is 11.8 Å². The predicted molar refractivity (Wildman–Crippen MR) is 130 cm³/mol. The number of rotatable bonds is 10. The molecule has 1 aliphatic carbocycles. The smallest absolute Gasteiger partial charge is 0.198 e. The van der Waals surface area contributed by atoms with Crippen molar-refractivity contribution in [2.75, 3.05) is 0 Å². The van der Waals surface area contributed by atoms with E-state index in [1.165, 1.54) is 6.42 Å². The first kappa shape index (κ1) is 25.4. The summed E-state index contributed by atoms with van der Waals surface area (Å²) in [6, 6.07) is 1.74. The summed E-state index contributed by atoms with van der Waals surface area (Å²) in [4.78, 5) is 0. The Bertz CT molecular complexity index is 858. The maximum atomic E-state index is 11.3. The average Bonchev–Trinajstić information content (AvgIpc) is 2.94. The molecule has 1 aromatic rings. The lowest BCUT2D eigenvalue weighted by Crippen LogP contribution is -2.37. The van der Waals surface area contributed by atoms with Crippen LogP contribution in [0.4, 0.5) is 0 Å². The Morgan fingerprint density at radius 2 is 1.74 bits per heavy atom. The van der Waals surface area contributed by atoms with E-state index in [1.807, 2.05) is 27.7 Å². The second-order valence-electron chi connectivity index (χ2n) is 12.5. The fraction of sp³-hybridized carbons (Fsp3) is 0.704. The molecule has 176 valence electrons. The fourth-order valence-corrected chi connectivity index (χ4v) is 6.14. The molecular weight excluding hydrogens is 386 g/mol. The Balaban J connectivity index is 2.35. The van der Waals surface area contributed by atoms with Crippen LogP contribution < -0.4 is 0 Å². The number of hydrogen-bond acceptors (Lipinski definition) is 3. The van der Waals surface area contributed by atoms with Crippen LogP contribution in [-0.2, 0) is 15.7 Å². The highest BCUT2D eigenvalue weighted by molar-refractivity contribution is 5.42. The summed E-state index contributed by atoms with van der Waals surface area (Å²) in [7, 11) is 0. The standard InChI is InChI=1S/C27H45NO3/c1-13-19(4)31-25(9,10)16-24(7,8)28-21(29)14-20(22(28)30)23(5,6)15-26(11)17-27(26,12)18(2)3/h13-14,18,29-30H,1,4,15-17H2,2-3,5-12H3. The van der Waals surface area contributed by atoms with Crippen LogP contribution in [0.25, 0.3) is 0 Å². The maximum absolute atomic E-state index is 11.3. The van der Waals surface area contributed by atoms with E-state index < -0.39 is 11.1 Å². The average molecular weight is 432 g/mol. The van der Waals surface area contributed by atoms with Gasteiger partial charge in [0, 0.05) is 23.6 Å². The number of allylic oxidation sites excluding steroid dienone is 1. The van der Waals surface area contributed by atoms with E-state index >= 15 is 0 Å². The van der Waals surface area contributed by atoms with Gasteiger partial charge in [-0.05, 0) is 68.8 Å². The number of hydrogen-bond donors (Lipinski definition) is 2. The monoisotopic (exact) mass is 431 g/mol. The van der Waals surface area contributed by atoms with Gasteiger partial charge in [0.2, 0.25) is 0 Å². The van der Waals surface area contributed by atoms with Crippen molar-refractivity contribution in [2.45, 2.75) is 105 Å². The van der Waals surface area contributed by atoms with Crippen molar-refractivity contribution in [1.29, 1.82) is 0 Å². The number of aromatic hydroxyl groups is 2. The van der Waals surface area contributed by atoms with Gasteiger partial charge in [-0.25, -0.2) is 0 Å².